The van der Waals surface area contributed by atoms with E-state index in [-0.39, 0.29) is 5.82 Å². The molecule has 0 unspecified atom stereocenters. The second kappa shape index (κ2) is 7.98. The van der Waals surface area contributed by atoms with E-state index >= 15 is 0 Å². The largest absolute Gasteiger partial charge is 0.356 e. The molecule has 1 aromatic rings. The third kappa shape index (κ3) is 5.01. The number of piperidine rings is 1. The van der Waals surface area contributed by atoms with Gasteiger partial charge in [0, 0.05) is 25.7 Å². The lowest BCUT2D eigenvalue weighted by Crippen LogP contribution is -2.42. The molecule has 1 heterocycles. The molecule has 1 saturated heterocycles. The molecule has 2 N–H and O–H groups in total. The van der Waals surface area contributed by atoms with Crippen LogP contribution in [0.4, 0.5) is 4.39 Å². The van der Waals surface area contributed by atoms with Crippen LogP contribution in [0.2, 0.25) is 0 Å². The number of rotatable bonds is 4. The summed E-state index contributed by atoms with van der Waals surface area (Å²) in [6.07, 6.45) is 2.43. The lowest BCUT2D eigenvalue weighted by molar-refractivity contribution is 0.220. The molecule has 0 atom stereocenters. The molecule has 0 spiro atoms. The Hall–Kier alpha value is -1.62. The lowest BCUT2D eigenvalue weighted by atomic mass is 9.97. The lowest BCUT2D eigenvalue weighted by Gasteiger charge is -2.29. The number of nitrogens with one attached hydrogen (secondary N) is 2. The number of likely N-dealkylation sites (tertiary alicyclic amines) is 1. The number of benzene rings is 1. The van der Waals surface area contributed by atoms with Crippen molar-refractivity contribution in [1.29, 1.82) is 0 Å². The molecule has 1 aromatic carbocycles. The van der Waals surface area contributed by atoms with E-state index in [0.717, 1.165) is 25.6 Å². The van der Waals surface area contributed by atoms with Gasteiger partial charge in [0.25, 0.3) is 0 Å². The highest BCUT2D eigenvalue weighted by Crippen LogP contribution is 2.14. The van der Waals surface area contributed by atoms with Crippen LogP contribution in [0.3, 0.4) is 0 Å². The van der Waals surface area contributed by atoms with E-state index in [1.165, 1.54) is 18.9 Å². The Balaban J connectivity index is 1.75. The van der Waals surface area contributed by atoms with Gasteiger partial charge in [0.15, 0.2) is 5.96 Å². The minimum absolute atomic E-state index is 0.184. The Morgan fingerprint density at radius 1 is 1.29 bits per heavy atom. The van der Waals surface area contributed by atoms with Gasteiger partial charge < -0.3 is 15.5 Å². The van der Waals surface area contributed by atoms with Crippen molar-refractivity contribution in [2.75, 3.05) is 33.7 Å². The van der Waals surface area contributed by atoms with Crippen molar-refractivity contribution in [3.05, 3.63) is 35.6 Å². The van der Waals surface area contributed by atoms with Crippen LogP contribution in [-0.4, -0.2) is 44.6 Å². The van der Waals surface area contributed by atoms with E-state index in [2.05, 4.69) is 27.6 Å². The molecule has 0 bridgehead atoms. The molecule has 1 fully saturated rings. The first-order valence-electron chi connectivity index (χ1n) is 7.55. The summed E-state index contributed by atoms with van der Waals surface area (Å²) in [7, 11) is 3.91. The molecule has 1 aliphatic rings. The number of guanidine groups is 1. The van der Waals surface area contributed by atoms with Gasteiger partial charge in [-0.05, 0) is 45.0 Å². The van der Waals surface area contributed by atoms with E-state index in [1.54, 1.807) is 19.2 Å². The zero-order valence-electron chi connectivity index (χ0n) is 12.9. The van der Waals surface area contributed by atoms with Crippen molar-refractivity contribution >= 4 is 5.96 Å². The second-order valence-electron chi connectivity index (χ2n) is 5.64. The van der Waals surface area contributed by atoms with Crippen molar-refractivity contribution < 1.29 is 4.39 Å². The van der Waals surface area contributed by atoms with Gasteiger partial charge in [-0.15, -0.1) is 0 Å². The molecule has 5 heteroatoms. The zero-order valence-corrected chi connectivity index (χ0v) is 12.9. The Bertz CT molecular complexity index is 467. The molecular weight excluding hydrogens is 267 g/mol. The molecule has 0 radical (unpaired) electrons. The highest BCUT2D eigenvalue weighted by molar-refractivity contribution is 5.79. The highest BCUT2D eigenvalue weighted by Gasteiger charge is 2.16. The predicted molar refractivity (Wildman–Crippen MR) is 84.8 cm³/mol. The molecule has 4 nitrogen and oxygen atoms in total. The van der Waals surface area contributed by atoms with Gasteiger partial charge in [-0.1, -0.05) is 18.2 Å². The molecule has 21 heavy (non-hydrogen) atoms. The van der Waals surface area contributed by atoms with Gasteiger partial charge in [-0.25, -0.2) is 4.39 Å². The molecule has 0 amide bonds. The van der Waals surface area contributed by atoms with Gasteiger partial charge in [0.1, 0.15) is 5.82 Å². The molecule has 1 aliphatic heterocycles. The third-order valence-electron chi connectivity index (χ3n) is 4.02. The SMILES string of the molecule is CN=C(NCc1ccccc1F)NCC1CCN(C)CC1. The van der Waals surface area contributed by atoms with Crippen LogP contribution in [0.5, 0.6) is 0 Å². The van der Waals surface area contributed by atoms with E-state index in [4.69, 9.17) is 0 Å². The first kappa shape index (κ1) is 15.8. The van der Waals surface area contributed by atoms with Crippen molar-refractivity contribution in [3.63, 3.8) is 0 Å². The van der Waals surface area contributed by atoms with Crippen LogP contribution < -0.4 is 10.6 Å². The first-order chi connectivity index (χ1) is 10.2. The maximum atomic E-state index is 13.6. The smallest absolute Gasteiger partial charge is 0.191 e. The topological polar surface area (TPSA) is 39.7 Å². The maximum Gasteiger partial charge on any atom is 0.191 e. The molecule has 0 aliphatic carbocycles. The van der Waals surface area contributed by atoms with Gasteiger partial charge in [0.05, 0.1) is 0 Å². The second-order valence-corrected chi connectivity index (χ2v) is 5.64. The van der Waals surface area contributed by atoms with E-state index in [9.17, 15) is 4.39 Å². The Morgan fingerprint density at radius 3 is 2.67 bits per heavy atom. The minimum Gasteiger partial charge on any atom is -0.356 e. The Kier molecular flexibility index (Phi) is 5.99. The number of hydrogen-bond donors (Lipinski definition) is 2. The quantitative estimate of drug-likeness (QED) is 0.657. The van der Waals surface area contributed by atoms with Gasteiger partial charge in [-0.3, -0.25) is 4.99 Å². The Morgan fingerprint density at radius 2 is 2.00 bits per heavy atom. The highest BCUT2D eigenvalue weighted by atomic mass is 19.1. The normalized spacial score (nSPS) is 17.8. The van der Waals surface area contributed by atoms with E-state index in [1.807, 2.05) is 6.07 Å². The summed E-state index contributed by atoms with van der Waals surface area (Å²) < 4.78 is 13.6. The molecule has 116 valence electrons. The van der Waals surface area contributed by atoms with Crippen LogP contribution in [0.15, 0.2) is 29.3 Å². The summed E-state index contributed by atoms with van der Waals surface area (Å²) in [5, 5.41) is 6.50. The van der Waals surface area contributed by atoms with Crippen molar-refractivity contribution in [3.8, 4) is 0 Å². The number of nitrogens with zero attached hydrogens (tertiary/aromatic N) is 2. The third-order valence-corrected chi connectivity index (χ3v) is 4.02. The monoisotopic (exact) mass is 292 g/mol. The first-order valence-corrected chi connectivity index (χ1v) is 7.55. The molecular formula is C16H25FN4. The van der Waals surface area contributed by atoms with Crippen LogP contribution in [0, 0.1) is 11.7 Å². The van der Waals surface area contributed by atoms with Crippen molar-refractivity contribution in [2.45, 2.75) is 19.4 Å². The molecule has 0 saturated carbocycles. The standard InChI is InChI=1S/C16H25FN4/c1-18-16(19-11-13-7-9-21(2)10-8-13)20-12-14-5-3-4-6-15(14)17/h3-6,13H,7-12H2,1-2H3,(H2,18,19,20). The van der Waals surface area contributed by atoms with Crippen LogP contribution >= 0.6 is 0 Å². The number of halogens is 1. The fraction of sp³-hybridized carbons (Fsp3) is 0.562. The summed E-state index contributed by atoms with van der Waals surface area (Å²) >= 11 is 0. The summed E-state index contributed by atoms with van der Waals surface area (Å²) in [5.74, 6) is 1.24. The zero-order chi connectivity index (χ0) is 15.1. The fourth-order valence-corrected chi connectivity index (χ4v) is 2.55. The van der Waals surface area contributed by atoms with E-state index < -0.39 is 0 Å². The predicted octanol–water partition coefficient (Wildman–Crippen LogP) is 1.83. The van der Waals surface area contributed by atoms with Crippen molar-refractivity contribution in [1.82, 2.24) is 15.5 Å². The summed E-state index contributed by atoms with van der Waals surface area (Å²) in [6, 6.07) is 6.80. The average Bonchev–Trinajstić information content (AvgIpc) is 2.51. The number of hydrogen-bond acceptors (Lipinski definition) is 2. The van der Waals surface area contributed by atoms with Gasteiger partial charge >= 0.3 is 0 Å². The fourth-order valence-electron chi connectivity index (χ4n) is 2.55. The van der Waals surface area contributed by atoms with Crippen LogP contribution in [0.1, 0.15) is 18.4 Å². The maximum absolute atomic E-state index is 13.6. The Labute approximate surface area is 126 Å². The van der Waals surface area contributed by atoms with Crippen LogP contribution in [-0.2, 0) is 6.54 Å². The average molecular weight is 292 g/mol. The number of aliphatic imine (C=N–C) groups is 1. The van der Waals surface area contributed by atoms with Gasteiger partial charge in [0.2, 0.25) is 0 Å². The summed E-state index contributed by atoms with van der Waals surface area (Å²) in [6.45, 7) is 3.69. The van der Waals surface area contributed by atoms with E-state index in [0.29, 0.717) is 18.0 Å². The molecule has 2 rings (SSSR count). The van der Waals surface area contributed by atoms with Crippen molar-refractivity contribution in [2.24, 2.45) is 10.9 Å². The molecule has 0 aromatic heterocycles. The minimum atomic E-state index is -0.184. The van der Waals surface area contributed by atoms with Crippen LogP contribution in [0.25, 0.3) is 0 Å². The summed E-state index contributed by atoms with van der Waals surface area (Å²) in [4.78, 5) is 6.56. The van der Waals surface area contributed by atoms with Gasteiger partial charge in [-0.2, -0.15) is 0 Å². The summed E-state index contributed by atoms with van der Waals surface area (Å²) in [5.41, 5.74) is 0.653.